The monoisotopic (exact) mass is 688 g/mol. The van der Waals surface area contributed by atoms with E-state index in [0.717, 1.165) is 51.5 Å². The molecule has 0 atom stereocenters. The number of methoxy groups -OCH3 is 1. The molecule has 0 aliphatic carbocycles. The maximum atomic E-state index is 11.5. The third-order valence-electron chi connectivity index (χ3n) is 9.22. The van der Waals surface area contributed by atoms with Crippen molar-refractivity contribution in [3.63, 3.8) is 0 Å². The van der Waals surface area contributed by atoms with Crippen LogP contribution in [0.4, 0.5) is 0 Å². The Morgan fingerprint density at radius 1 is 0.571 bits per heavy atom. The molecule has 0 aromatic heterocycles. The van der Waals surface area contributed by atoms with Crippen molar-refractivity contribution in [3.05, 3.63) is 48.6 Å². The van der Waals surface area contributed by atoms with Crippen molar-refractivity contribution in [2.24, 2.45) is 0 Å². The van der Waals surface area contributed by atoms with Crippen molar-refractivity contribution in [2.75, 3.05) is 33.9 Å². The van der Waals surface area contributed by atoms with Gasteiger partial charge in [-0.2, -0.15) is 0 Å². The van der Waals surface area contributed by atoms with Gasteiger partial charge in [-0.05, 0) is 90.5 Å². The average Bonchev–Trinajstić information content (AvgIpc) is 3.09. The van der Waals surface area contributed by atoms with E-state index in [-0.39, 0.29) is 12.5 Å². The molecule has 0 fully saturated rings. The van der Waals surface area contributed by atoms with E-state index in [1.165, 1.54) is 123 Å². The third-order valence-corrected chi connectivity index (χ3v) is 9.22. The molecule has 0 aliphatic rings. The summed E-state index contributed by atoms with van der Waals surface area (Å²) in [6.45, 7) is 6.03. The number of nitrogens with zero attached hydrogens (tertiary/aromatic N) is 1. The van der Waals surface area contributed by atoms with Gasteiger partial charge in [0.2, 0.25) is 0 Å². The van der Waals surface area contributed by atoms with Crippen LogP contribution in [-0.2, 0) is 14.3 Å². The van der Waals surface area contributed by atoms with Crippen LogP contribution in [0.2, 0.25) is 0 Å². The van der Waals surface area contributed by atoms with E-state index in [1.54, 1.807) is 0 Å². The Morgan fingerprint density at radius 2 is 0.959 bits per heavy atom. The molecule has 0 amide bonds. The van der Waals surface area contributed by atoms with E-state index in [4.69, 9.17) is 9.47 Å². The fourth-order valence-corrected chi connectivity index (χ4v) is 6.01. The maximum Gasteiger partial charge on any atom is 0.319 e. The topological polar surface area (TPSA) is 59.0 Å². The van der Waals surface area contributed by atoms with Crippen molar-refractivity contribution in [1.29, 1.82) is 0 Å². The SMILES string of the molecule is CCCCCC=CCC=CCCCCCCCCC(O)(CCCCCCCCC=CCC=CCCCCC)OCCCN(C)CC(=O)OC. The second-order valence-corrected chi connectivity index (χ2v) is 14.1. The number of allylic oxidation sites excluding steroid dienone is 8. The van der Waals surface area contributed by atoms with Gasteiger partial charge in [-0.15, -0.1) is 0 Å². The molecule has 0 heterocycles. The van der Waals surface area contributed by atoms with E-state index >= 15 is 0 Å². The van der Waals surface area contributed by atoms with Crippen molar-refractivity contribution >= 4 is 5.97 Å². The van der Waals surface area contributed by atoms with Crippen LogP contribution < -0.4 is 0 Å². The predicted molar refractivity (Wildman–Crippen MR) is 213 cm³/mol. The van der Waals surface area contributed by atoms with E-state index < -0.39 is 5.79 Å². The molecule has 0 radical (unpaired) electrons. The lowest BCUT2D eigenvalue weighted by molar-refractivity contribution is -0.214. The number of ether oxygens (including phenoxy) is 2. The van der Waals surface area contributed by atoms with Gasteiger partial charge in [0.15, 0.2) is 5.79 Å². The van der Waals surface area contributed by atoms with E-state index in [9.17, 15) is 9.90 Å². The lowest BCUT2D eigenvalue weighted by Gasteiger charge is -2.29. The summed E-state index contributed by atoms with van der Waals surface area (Å²) in [5.41, 5.74) is 0. The molecule has 5 nitrogen and oxygen atoms in total. The van der Waals surface area contributed by atoms with Gasteiger partial charge in [-0.25, -0.2) is 0 Å². The summed E-state index contributed by atoms with van der Waals surface area (Å²) in [4.78, 5) is 13.5. The summed E-state index contributed by atoms with van der Waals surface area (Å²) in [7, 11) is 3.33. The number of hydrogen-bond donors (Lipinski definition) is 1. The summed E-state index contributed by atoms with van der Waals surface area (Å²) < 4.78 is 10.9. The van der Waals surface area contributed by atoms with Crippen LogP contribution in [0.15, 0.2) is 48.6 Å². The van der Waals surface area contributed by atoms with Crippen molar-refractivity contribution in [2.45, 2.75) is 193 Å². The van der Waals surface area contributed by atoms with Crippen molar-refractivity contribution in [1.82, 2.24) is 4.90 Å². The maximum absolute atomic E-state index is 11.5. The number of carbonyl (C=O) groups is 1. The first-order valence-corrected chi connectivity index (χ1v) is 20.7. The smallest absolute Gasteiger partial charge is 0.319 e. The summed E-state index contributed by atoms with van der Waals surface area (Å²) in [6, 6.07) is 0. The van der Waals surface area contributed by atoms with Gasteiger partial charge >= 0.3 is 5.97 Å². The molecule has 0 aliphatic heterocycles. The molecule has 0 spiro atoms. The van der Waals surface area contributed by atoms with Gasteiger partial charge in [0, 0.05) is 19.4 Å². The van der Waals surface area contributed by atoms with Crippen LogP contribution in [-0.4, -0.2) is 55.6 Å². The molecule has 1 N–H and O–H groups in total. The molecule has 5 heteroatoms. The lowest BCUT2D eigenvalue weighted by Crippen LogP contribution is -2.34. The summed E-state index contributed by atoms with van der Waals surface area (Å²) in [5.74, 6) is -1.26. The molecule has 49 heavy (non-hydrogen) atoms. The number of rotatable bonds is 37. The standard InChI is InChI=1S/C44H81NO4/c1-5-7-9-11-13-15-17-19-21-23-25-27-29-31-33-35-38-44(47,49-41-37-40-45(3)42-43(46)48-4)39-36-34-32-30-28-26-24-22-20-18-16-14-12-10-8-6-2/h13-16,19-22,47H,5-12,17-18,23-42H2,1-4H3. The normalized spacial score (nSPS) is 13.6. The Labute approximate surface area is 305 Å². The molecule has 0 bridgehead atoms. The fourth-order valence-electron chi connectivity index (χ4n) is 6.01. The van der Waals surface area contributed by atoms with Crippen molar-refractivity contribution in [3.8, 4) is 0 Å². The molecule has 0 aromatic rings. The number of carbonyl (C=O) groups excluding carboxylic acids is 1. The zero-order chi connectivity index (χ0) is 35.9. The van der Waals surface area contributed by atoms with Crippen LogP contribution in [0.1, 0.15) is 187 Å². The third kappa shape index (κ3) is 35.9. The van der Waals surface area contributed by atoms with Gasteiger partial charge in [0.05, 0.1) is 20.3 Å². The second kappa shape index (κ2) is 37.6. The van der Waals surface area contributed by atoms with Crippen LogP contribution in [0.3, 0.4) is 0 Å². The van der Waals surface area contributed by atoms with Gasteiger partial charge in [-0.3, -0.25) is 9.69 Å². The minimum atomic E-state index is -1.04. The molecule has 0 unspecified atom stereocenters. The van der Waals surface area contributed by atoms with Gasteiger partial charge < -0.3 is 14.6 Å². The molecule has 286 valence electrons. The summed E-state index contributed by atoms with van der Waals surface area (Å²) in [5, 5.41) is 11.5. The number of unbranched alkanes of at least 4 members (excludes halogenated alkanes) is 18. The van der Waals surface area contributed by atoms with Gasteiger partial charge in [-0.1, -0.05) is 140 Å². The number of likely N-dealkylation sites (N-methyl/N-ethyl adjacent to an activating group) is 1. The first-order valence-electron chi connectivity index (χ1n) is 20.7. The Balaban J connectivity index is 4.22. The Kier molecular flexibility index (Phi) is 36.3. The molecule has 0 saturated carbocycles. The Bertz CT molecular complexity index is 770. The highest BCUT2D eigenvalue weighted by Crippen LogP contribution is 2.25. The predicted octanol–water partition coefficient (Wildman–Crippen LogP) is 12.6. The highest BCUT2D eigenvalue weighted by atomic mass is 16.6. The second-order valence-electron chi connectivity index (χ2n) is 14.1. The molecule has 0 saturated heterocycles. The highest BCUT2D eigenvalue weighted by Gasteiger charge is 2.26. The first-order chi connectivity index (χ1) is 24.0. The minimum Gasteiger partial charge on any atom is -0.468 e. The van der Waals surface area contributed by atoms with Gasteiger partial charge in [0.1, 0.15) is 0 Å². The minimum absolute atomic E-state index is 0.227. The first kappa shape index (κ1) is 47.3. The van der Waals surface area contributed by atoms with Crippen LogP contribution in [0, 0.1) is 0 Å². The summed E-state index contributed by atoms with van der Waals surface area (Å²) >= 11 is 0. The van der Waals surface area contributed by atoms with Crippen LogP contribution in [0.25, 0.3) is 0 Å². The quantitative estimate of drug-likeness (QED) is 0.0305. The van der Waals surface area contributed by atoms with E-state index in [2.05, 4.69) is 62.5 Å². The Hall–Kier alpha value is -1.69. The van der Waals surface area contributed by atoms with E-state index in [0.29, 0.717) is 19.4 Å². The number of hydrogen-bond acceptors (Lipinski definition) is 5. The zero-order valence-corrected chi connectivity index (χ0v) is 33.0. The largest absolute Gasteiger partial charge is 0.468 e. The van der Waals surface area contributed by atoms with Crippen LogP contribution in [0.5, 0.6) is 0 Å². The fraction of sp³-hybridized carbons (Fsp3) is 0.795. The van der Waals surface area contributed by atoms with E-state index in [1.807, 2.05) is 11.9 Å². The molecular weight excluding hydrogens is 606 g/mol. The lowest BCUT2D eigenvalue weighted by atomic mass is 9.98. The average molecular weight is 688 g/mol. The molecular formula is C44H81NO4. The molecule has 0 aromatic carbocycles. The Morgan fingerprint density at radius 3 is 1.37 bits per heavy atom. The molecule has 0 rings (SSSR count). The van der Waals surface area contributed by atoms with Gasteiger partial charge in [0.25, 0.3) is 0 Å². The zero-order valence-electron chi connectivity index (χ0n) is 33.0. The summed E-state index contributed by atoms with van der Waals surface area (Å²) in [6.07, 6.45) is 50.0. The number of esters is 1. The van der Waals surface area contributed by atoms with Crippen LogP contribution >= 0.6 is 0 Å². The highest BCUT2D eigenvalue weighted by molar-refractivity contribution is 5.71. The number of aliphatic hydroxyl groups is 1. The van der Waals surface area contributed by atoms with Crippen molar-refractivity contribution < 1.29 is 19.4 Å².